The van der Waals surface area contributed by atoms with E-state index in [1.54, 1.807) is 0 Å². The molecule has 0 aliphatic heterocycles. The third-order valence-corrected chi connectivity index (χ3v) is 5.97. The fraction of sp³-hybridized carbons (Fsp3) is 0.200. The van der Waals surface area contributed by atoms with Gasteiger partial charge in [0.05, 0.1) is 11.3 Å². The first kappa shape index (κ1) is 19.0. The molecule has 1 aliphatic rings. The Balaban J connectivity index is 1.68. The highest BCUT2D eigenvalue weighted by Gasteiger charge is 2.26. The van der Waals surface area contributed by atoms with Crippen LogP contribution in [0.4, 0.5) is 9.39 Å². The normalized spacial score (nSPS) is 13.0. The van der Waals surface area contributed by atoms with Gasteiger partial charge in [0.25, 0.3) is 11.8 Å². The summed E-state index contributed by atoms with van der Waals surface area (Å²) in [6, 6.07) is 6.67. The number of hydrogen-bond donors (Lipinski definition) is 2. The highest BCUT2D eigenvalue weighted by atomic mass is 32.1. The number of hydrogen-bond acceptors (Lipinski definition) is 5. The number of aryl methyl sites for hydroxylation is 1. The van der Waals surface area contributed by atoms with E-state index in [1.165, 1.54) is 52.5 Å². The first-order chi connectivity index (χ1) is 13.9. The van der Waals surface area contributed by atoms with E-state index in [0.29, 0.717) is 16.3 Å². The molecule has 3 aromatic rings. The molecule has 0 spiro atoms. The number of fused-ring (bicyclic) bond motifs is 1. The van der Waals surface area contributed by atoms with Crippen LogP contribution in [0.25, 0.3) is 5.69 Å². The second kappa shape index (κ2) is 7.59. The predicted octanol–water partition coefficient (Wildman–Crippen LogP) is 2.66. The van der Waals surface area contributed by atoms with Crippen LogP contribution in [-0.2, 0) is 12.8 Å². The third-order valence-electron chi connectivity index (χ3n) is 4.76. The molecular formula is C20H17FN4O3S. The highest BCUT2D eigenvalue weighted by Crippen LogP contribution is 2.37. The summed E-state index contributed by atoms with van der Waals surface area (Å²) in [7, 11) is 0. The Hall–Kier alpha value is -3.33. The van der Waals surface area contributed by atoms with Gasteiger partial charge in [-0.25, -0.2) is 9.07 Å². The molecule has 9 heteroatoms. The van der Waals surface area contributed by atoms with Gasteiger partial charge >= 0.3 is 0 Å². The number of aromatic nitrogens is 2. The third kappa shape index (κ3) is 3.68. The molecule has 148 valence electrons. The van der Waals surface area contributed by atoms with Crippen molar-refractivity contribution in [3.63, 3.8) is 0 Å². The van der Waals surface area contributed by atoms with Crippen LogP contribution in [0.15, 0.2) is 41.3 Å². The van der Waals surface area contributed by atoms with Crippen LogP contribution in [0.3, 0.4) is 0 Å². The van der Waals surface area contributed by atoms with Crippen LogP contribution in [0.5, 0.6) is 0 Å². The molecule has 0 saturated heterocycles. The molecular weight excluding hydrogens is 395 g/mol. The van der Waals surface area contributed by atoms with E-state index in [2.05, 4.69) is 10.4 Å². The number of primary amides is 1. The van der Waals surface area contributed by atoms with Gasteiger partial charge in [-0.1, -0.05) is 0 Å². The van der Waals surface area contributed by atoms with Crippen molar-refractivity contribution in [2.24, 2.45) is 5.73 Å². The molecule has 29 heavy (non-hydrogen) atoms. The standard InChI is InChI=1S/C20H17FN4O3S/c21-11-5-7-12(8-6-11)25-10-9-14(26)17(24-25)19(28)23-20-16(18(22)27)13-3-1-2-4-15(13)29-20/h5-10H,1-4H2,(H2,22,27)(H,23,28). The minimum atomic E-state index is -0.729. The van der Waals surface area contributed by atoms with Gasteiger partial charge in [0.1, 0.15) is 10.8 Å². The zero-order chi connectivity index (χ0) is 20.5. The van der Waals surface area contributed by atoms with Gasteiger partial charge in [0.15, 0.2) is 5.69 Å². The second-order valence-electron chi connectivity index (χ2n) is 6.68. The Bertz CT molecular complexity index is 1170. The lowest BCUT2D eigenvalue weighted by Crippen LogP contribution is -2.26. The van der Waals surface area contributed by atoms with Crippen molar-refractivity contribution in [2.45, 2.75) is 25.7 Å². The smallest absolute Gasteiger partial charge is 0.280 e. The van der Waals surface area contributed by atoms with Gasteiger partial charge in [-0.2, -0.15) is 5.10 Å². The molecule has 2 heterocycles. The number of carbonyl (C=O) groups is 2. The maximum Gasteiger partial charge on any atom is 0.280 e. The molecule has 2 amide bonds. The Morgan fingerprint density at radius 1 is 1.14 bits per heavy atom. The molecule has 3 N–H and O–H groups in total. The van der Waals surface area contributed by atoms with Gasteiger partial charge in [-0.05, 0) is 55.5 Å². The Morgan fingerprint density at radius 2 is 1.86 bits per heavy atom. The minimum Gasteiger partial charge on any atom is -0.365 e. The van der Waals surface area contributed by atoms with Crippen LogP contribution < -0.4 is 16.5 Å². The number of nitrogens with two attached hydrogens (primary N) is 1. The summed E-state index contributed by atoms with van der Waals surface area (Å²) in [5.41, 5.74) is 6.33. The molecule has 0 bridgehead atoms. The van der Waals surface area contributed by atoms with Gasteiger partial charge in [-0.15, -0.1) is 11.3 Å². The molecule has 0 fully saturated rings. The van der Waals surface area contributed by atoms with Gasteiger partial charge in [0.2, 0.25) is 5.43 Å². The predicted molar refractivity (Wildman–Crippen MR) is 107 cm³/mol. The van der Waals surface area contributed by atoms with Crippen molar-refractivity contribution < 1.29 is 14.0 Å². The van der Waals surface area contributed by atoms with Crippen molar-refractivity contribution in [1.82, 2.24) is 9.78 Å². The lowest BCUT2D eigenvalue weighted by atomic mass is 9.95. The second-order valence-corrected chi connectivity index (χ2v) is 7.79. The quantitative estimate of drug-likeness (QED) is 0.687. The fourth-order valence-corrected chi connectivity index (χ4v) is 4.67. The Morgan fingerprint density at radius 3 is 2.59 bits per heavy atom. The van der Waals surface area contributed by atoms with Crippen LogP contribution in [0.2, 0.25) is 0 Å². The zero-order valence-electron chi connectivity index (χ0n) is 15.3. The molecule has 1 aromatic carbocycles. The summed E-state index contributed by atoms with van der Waals surface area (Å²) in [6.07, 6.45) is 4.94. The van der Waals surface area contributed by atoms with E-state index in [0.717, 1.165) is 36.1 Å². The van der Waals surface area contributed by atoms with E-state index in [9.17, 15) is 18.8 Å². The summed E-state index contributed by atoms with van der Waals surface area (Å²) in [4.78, 5) is 38.0. The zero-order valence-corrected chi connectivity index (χ0v) is 16.1. The molecule has 0 radical (unpaired) electrons. The summed E-state index contributed by atoms with van der Waals surface area (Å²) < 4.78 is 14.4. The van der Waals surface area contributed by atoms with Gasteiger partial charge in [0, 0.05) is 17.1 Å². The molecule has 4 rings (SSSR count). The maximum absolute atomic E-state index is 13.1. The number of benzene rings is 1. The summed E-state index contributed by atoms with van der Waals surface area (Å²) in [5, 5.41) is 7.06. The van der Waals surface area contributed by atoms with Gasteiger partial charge < -0.3 is 11.1 Å². The summed E-state index contributed by atoms with van der Waals surface area (Å²) >= 11 is 1.31. The lowest BCUT2D eigenvalue weighted by Gasteiger charge is -2.11. The first-order valence-electron chi connectivity index (χ1n) is 9.05. The van der Waals surface area contributed by atoms with E-state index >= 15 is 0 Å². The van der Waals surface area contributed by atoms with E-state index in [-0.39, 0.29) is 5.69 Å². The van der Waals surface area contributed by atoms with Crippen LogP contribution >= 0.6 is 11.3 Å². The molecule has 2 aromatic heterocycles. The number of nitrogens with one attached hydrogen (secondary N) is 1. The maximum atomic E-state index is 13.1. The van der Waals surface area contributed by atoms with Crippen molar-refractivity contribution in [3.05, 3.63) is 74.3 Å². The van der Waals surface area contributed by atoms with Gasteiger partial charge in [-0.3, -0.25) is 14.4 Å². The largest absolute Gasteiger partial charge is 0.365 e. The average Bonchev–Trinajstić information content (AvgIpc) is 3.07. The molecule has 0 unspecified atom stereocenters. The number of thiophene rings is 1. The topological polar surface area (TPSA) is 107 Å². The number of rotatable bonds is 4. The number of anilines is 1. The molecule has 1 aliphatic carbocycles. The number of nitrogens with zero attached hydrogens (tertiary/aromatic N) is 2. The Kier molecular flexibility index (Phi) is 4.98. The van der Waals surface area contributed by atoms with E-state index in [1.807, 2.05) is 0 Å². The molecule has 7 nitrogen and oxygen atoms in total. The summed E-state index contributed by atoms with van der Waals surface area (Å²) in [5.74, 6) is -1.74. The van der Waals surface area contributed by atoms with E-state index in [4.69, 9.17) is 5.73 Å². The van der Waals surface area contributed by atoms with Crippen LogP contribution in [0.1, 0.15) is 44.1 Å². The van der Waals surface area contributed by atoms with Crippen molar-refractivity contribution >= 4 is 28.2 Å². The first-order valence-corrected chi connectivity index (χ1v) is 9.87. The Labute approximate surface area is 169 Å². The SMILES string of the molecule is NC(=O)c1c(NC(=O)c2nn(-c3ccc(F)cc3)ccc2=O)sc2c1CCCC2. The fourth-order valence-electron chi connectivity index (χ4n) is 3.38. The van der Waals surface area contributed by atoms with Crippen molar-refractivity contribution in [3.8, 4) is 5.69 Å². The minimum absolute atomic E-state index is 0.313. The summed E-state index contributed by atoms with van der Waals surface area (Å²) in [6.45, 7) is 0. The number of amides is 2. The molecule has 0 atom stereocenters. The monoisotopic (exact) mass is 412 g/mol. The van der Waals surface area contributed by atoms with E-state index < -0.39 is 23.1 Å². The van der Waals surface area contributed by atoms with Crippen molar-refractivity contribution in [1.29, 1.82) is 0 Å². The highest BCUT2D eigenvalue weighted by molar-refractivity contribution is 7.17. The lowest BCUT2D eigenvalue weighted by molar-refractivity contribution is 0.100. The average molecular weight is 412 g/mol. The van der Waals surface area contributed by atoms with Crippen LogP contribution in [0, 0.1) is 5.82 Å². The number of carbonyl (C=O) groups excluding carboxylic acids is 2. The molecule has 0 saturated carbocycles. The van der Waals surface area contributed by atoms with Crippen molar-refractivity contribution in [2.75, 3.05) is 5.32 Å². The number of halogens is 1. The van der Waals surface area contributed by atoms with Crippen LogP contribution in [-0.4, -0.2) is 21.6 Å².